The van der Waals surface area contributed by atoms with Crippen LogP contribution in [-0.2, 0) is 16.1 Å². The van der Waals surface area contributed by atoms with Crippen LogP contribution in [0.5, 0.6) is 0 Å². The highest BCUT2D eigenvalue weighted by atomic mass is 16.5. The number of hydrogen-bond acceptors (Lipinski definition) is 6. The van der Waals surface area contributed by atoms with Gasteiger partial charge in [-0.15, -0.1) is 0 Å². The fourth-order valence-corrected chi connectivity index (χ4v) is 3.86. The quantitative estimate of drug-likeness (QED) is 0.799. The molecule has 0 saturated carbocycles. The van der Waals surface area contributed by atoms with Gasteiger partial charge in [0.2, 0.25) is 5.91 Å². The first-order chi connectivity index (χ1) is 12.7. The summed E-state index contributed by atoms with van der Waals surface area (Å²) in [7, 11) is 0. The van der Waals surface area contributed by atoms with Gasteiger partial charge in [-0.05, 0) is 31.5 Å². The second-order valence-corrected chi connectivity index (χ2v) is 6.83. The molecule has 140 valence electrons. The zero-order valence-corrected chi connectivity index (χ0v) is 14.8. The Morgan fingerprint density at radius 2 is 2.04 bits per heavy atom. The zero-order valence-electron chi connectivity index (χ0n) is 14.8. The van der Waals surface area contributed by atoms with E-state index in [0.717, 1.165) is 25.8 Å². The van der Waals surface area contributed by atoms with Crippen molar-refractivity contribution in [2.45, 2.75) is 31.8 Å². The normalized spacial score (nSPS) is 22.0. The molecule has 8 nitrogen and oxygen atoms in total. The van der Waals surface area contributed by atoms with E-state index in [0.29, 0.717) is 50.6 Å². The molecule has 0 radical (unpaired) electrons. The summed E-state index contributed by atoms with van der Waals surface area (Å²) in [6.45, 7) is 4.53. The lowest BCUT2D eigenvalue weighted by Gasteiger charge is -2.38. The van der Waals surface area contributed by atoms with Crippen molar-refractivity contribution in [2.24, 2.45) is 0 Å². The minimum absolute atomic E-state index is 0.108. The average molecular weight is 360 g/mol. The number of ether oxygens (including phenoxy) is 1. The lowest BCUT2D eigenvalue weighted by Crippen LogP contribution is -2.54. The Morgan fingerprint density at radius 1 is 1.19 bits per heavy atom. The molecule has 8 heteroatoms. The number of nitrogens with zero attached hydrogens (tertiary/aromatic N) is 4. The maximum atomic E-state index is 12.9. The third kappa shape index (κ3) is 3.39. The SMILES string of the molecule is O=C(C1CCCCN1CCn1c(=O)oc2cccnc21)N1CCOCC1. The molecule has 0 N–H and O–H groups in total. The highest BCUT2D eigenvalue weighted by Gasteiger charge is 2.32. The van der Waals surface area contributed by atoms with Crippen LogP contribution in [0.3, 0.4) is 0 Å². The molecule has 2 aliphatic heterocycles. The summed E-state index contributed by atoms with van der Waals surface area (Å²) in [5, 5.41) is 0. The van der Waals surface area contributed by atoms with Crippen LogP contribution < -0.4 is 5.76 Å². The van der Waals surface area contributed by atoms with Gasteiger partial charge in [-0.3, -0.25) is 14.3 Å². The number of aromatic nitrogens is 2. The Labute approximate surface area is 151 Å². The van der Waals surface area contributed by atoms with E-state index < -0.39 is 5.76 Å². The third-order valence-electron chi connectivity index (χ3n) is 5.26. The molecule has 2 aromatic heterocycles. The molecular formula is C18H24N4O4. The number of likely N-dealkylation sites (tertiary alicyclic amines) is 1. The second kappa shape index (κ2) is 7.59. The van der Waals surface area contributed by atoms with Gasteiger partial charge in [0.15, 0.2) is 11.2 Å². The summed E-state index contributed by atoms with van der Waals surface area (Å²) in [6, 6.07) is 3.38. The lowest BCUT2D eigenvalue weighted by molar-refractivity contribution is -0.142. The van der Waals surface area contributed by atoms with Crippen LogP contribution in [0.1, 0.15) is 19.3 Å². The largest absolute Gasteiger partial charge is 0.421 e. The molecule has 1 unspecified atom stereocenters. The smallest absolute Gasteiger partial charge is 0.406 e. The van der Waals surface area contributed by atoms with Crippen LogP contribution in [0.25, 0.3) is 11.2 Å². The van der Waals surface area contributed by atoms with Gasteiger partial charge in [0.1, 0.15) is 0 Å². The molecule has 0 aromatic carbocycles. The number of carbonyl (C=O) groups excluding carboxylic acids is 1. The van der Waals surface area contributed by atoms with E-state index >= 15 is 0 Å². The second-order valence-electron chi connectivity index (χ2n) is 6.83. The summed E-state index contributed by atoms with van der Waals surface area (Å²) in [6.07, 6.45) is 4.66. The summed E-state index contributed by atoms with van der Waals surface area (Å²) < 4.78 is 12.2. The summed E-state index contributed by atoms with van der Waals surface area (Å²) in [4.78, 5) is 33.4. The number of morpholine rings is 1. The molecule has 4 heterocycles. The van der Waals surface area contributed by atoms with Crippen molar-refractivity contribution in [2.75, 3.05) is 39.4 Å². The number of amides is 1. The highest BCUT2D eigenvalue weighted by molar-refractivity contribution is 5.82. The van der Waals surface area contributed by atoms with Crippen molar-refractivity contribution in [3.8, 4) is 0 Å². The van der Waals surface area contributed by atoms with Gasteiger partial charge in [0, 0.05) is 32.4 Å². The van der Waals surface area contributed by atoms with Gasteiger partial charge < -0.3 is 14.1 Å². The monoisotopic (exact) mass is 360 g/mol. The van der Waals surface area contributed by atoms with Crippen molar-refractivity contribution in [3.05, 3.63) is 28.9 Å². The van der Waals surface area contributed by atoms with E-state index in [1.165, 1.54) is 0 Å². The molecule has 0 aliphatic carbocycles. The molecule has 0 bridgehead atoms. The summed E-state index contributed by atoms with van der Waals surface area (Å²) in [5.41, 5.74) is 1.06. The molecule has 1 amide bonds. The van der Waals surface area contributed by atoms with Crippen molar-refractivity contribution < 1.29 is 13.9 Å². The average Bonchev–Trinajstić information content (AvgIpc) is 3.02. The predicted octanol–water partition coefficient (Wildman–Crippen LogP) is 0.703. The van der Waals surface area contributed by atoms with Crippen LogP contribution in [0, 0.1) is 0 Å². The number of pyridine rings is 1. The Hall–Kier alpha value is -2.19. The number of oxazole rings is 1. The molecule has 2 aliphatic rings. The van der Waals surface area contributed by atoms with Crippen molar-refractivity contribution in [3.63, 3.8) is 0 Å². The van der Waals surface area contributed by atoms with Crippen molar-refractivity contribution in [1.29, 1.82) is 0 Å². The lowest BCUT2D eigenvalue weighted by atomic mass is 10.0. The Morgan fingerprint density at radius 3 is 2.88 bits per heavy atom. The standard InChI is InChI=1S/C18H24N4O4/c23-17(21-10-12-25-13-11-21)14-4-1-2-7-20(14)8-9-22-16-15(26-18(22)24)5-3-6-19-16/h3,5-6,14H,1-2,4,7-13H2. The van der Waals surface area contributed by atoms with Gasteiger partial charge in [0.05, 0.1) is 19.3 Å². The topological polar surface area (TPSA) is 80.8 Å². The van der Waals surface area contributed by atoms with Crippen LogP contribution in [0.4, 0.5) is 0 Å². The van der Waals surface area contributed by atoms with Crippen molar-refractivity contribution >= 4 is 17.1 Å². The minimum Gasteiger partial charge on any atom is -0.406 e. The fraction of sp³-hybridized carbons (Fsp3) is 0.611. The van der Waals surface area contributed by atoms with E-state index in [4.69, 9.17) is 9.15 Å². The Balaban J connectivity index is 1.47. The first-order valence-corrected chi connectivity index (χ1v) is 9.29. The van der Waals surface area contributed by atoms with Crippen LogP contribution >= 0.6 is 0 Å². The van der Waals surface area contributed by atoms with Crippen molar-refractivity contribution in [1.82, 2.24) is 19.4 Å². The number of hydrogen-bond donors (Lipinski definition) is 0. The maximum Gasteiger partial charge on any atom is 0.421 e. The number of rotatable bonds is 4. The summed E-state index contributed by atoms with van der Waals surface area (Å²) >= 11 is 0. The van der Waals surface area contributed by atoms with Crippen LogP contribution in [0.15, 0.2) is 27.5 Å². The molecule has 26 heavy (non-hydrogen) atoms. The van der Waals surface area contributed by atoms with Crippen LogP contribution in [0.2, 0.25) is 0 Å². The Kier molecular flexibility index (Phi) is 5.03. The first kappa shape index (κ1) is 17.2. The van der Waals surface area contributed by atoms with Gasteiger partial charge in [0.25, 0.3) is 0 Å². The van der Waals surface area contributed by atoms with E-state index in [1.54, 1.807) is 22.9 Å². The fourth-order valence-electron chi connectivity index (χ4n) is 3.86. The van der Waals surface area contributed by atoms with Crippen LogP contribution in [-0.4, -0.2) is 70.7 Å². The van der Waals surface area contributed by atoms with E-state index in [1.807, 2.05) is 4.90 Å². The van der Waals surface area contributed by atoms with E-state index in [9.17, 15) is 9.59 Å². The molecular weight excluding hydrogens is 336 g/mol. The number of fused-ring (bicyclic) bond motifs is 1. The number of carbonyl (C=O) groups is 1. The molecule has 2 saturated heterocycles. The van der Waals surface area contributed by atoms with E-state index in [2.05, 4.69) is 9.88 Å². The summed E-state index contributed by atoms with van der Waals surface area (Å²) in [5.74, 6) is -0.206. The molecule has 1 atom stereocenters. The predicted molar refractivity (Wildman–Crippen MR) is 94.9 cm³/mol. The van der Waals surface area contributed by atoms with Gasteiger partial charge in [-0.2, -0.15) is 0 Å². The maximum absolute atomic E-state index is 12.9. The van der Waals surface area contributed by atoms with Gasteiger partial charge in [-0.1, -0.05) is 6.42 Å². The molecule has 2 aromatic rings. The third-order valence-corrected chi connectivity index (χ3v) is 5.26. The molecule has 2 fully saturated rings. The zero-order chi connectivity index (χ0) is 17.9. The first-order valence-electron chi connectivity index (χ1n) is 9.29. The Bertz CT molecular complexity index is 824. The molecule has 4 rings (SSSR count). The number of piperidine rings is 1. The van der Waals surface area contributed by atoms with Gasteiger partial charge >= 0.3 is 5.76 Å². The molecule has 0 spiro atoms. The highest BCUT2D eigenvalue weighted by Crippen LogP contribution is 2.20. The minimum atomic E-state index is -0.397. The van der Waals surface area contributed by atoms with E-state index in [-0.39, 0.29) is 11.9 Å². The van der Waals surface area contributed by atoms with Gasteiger partial charge in [-0.25, -0.2) is 9.78 Å².